The van der Waals surface area contributed by atoms with Crippen LogP contribution in [0.4, 0.5) is 0 Å². The number of hydrogen-bond acceptors (Lipinski definition) is 0. The van der Waals surface area contributed by atoms with Crippen molar-refractivity contribution in [1.29, 1.82) is 0 Å². The summed E-state index contributed by atoms with van der Waals surface area (Å²) in [5, 5.41) is 5.59. The zero-order valence-electron chi connectivity index (χ0n) is 21.7. The first kappa shape index (κ1) is 40.3. The minimum atomic E-state index is 0. The van der Waals surface area contributed by atoms with Gasteiger partial charge in [-0.1, -0.05) is 138 Å². The van der Waals surface area contributed by atoms with Gasteiger partial charge in [-0.2, -0.15) is 18.2 Å². The molecular formula is C34H32Cl2FeP2Pd-6. The molecular weight excluding hydrogens is 703 g/mol. The van der Waals surface area contributed by atoms with Crippen LogP contribution in [0.15, 0.2) is 182 Å². The molecule has 0 N–H and O–H groups in total. The molecule has 0 nitrogen and oxygen atoms in total. The maximum absolute atomic E-state index is 2.17. The van der Waals surface area contributed by atoms with Crippen LogP contribution in [-0.2, 0) is 37.5 Å². The van der Waals surface area contributed by atoms with Crippen LogP contribution >= 0.6 is 17.2 Å². The molecule has 0 unspecified atom stereocenters. The molecule has 6 heteroatoms. The third kappa shape index (κ3) is 19.3. The molecule has 0 bridgehead atoms. The Hall–Kier alpha value is -1.80. The summed E-state index contributed by atoms with van der Waals surface area (Å²) >= 11 is 0. The van der Waals surface area contributed by atoms with Crippen molar-refractivity contribution in [2.75, 3.05) is 0 Å². The van der Waals surface area contributed by atoms with E-state index in [9.17, 15) is 0 Å². The summed E-state index contributed by atoms with van der Waals surface area (Å²) in [5.41, 5.74) is 0. The molecule has 0 atom stereocenters. The van der Waals surface area contributed by atoms with E-state index in [1.165, 1.54) is 21.2 Å². The van der Waals surface area contributed by atoms with E-state index in [0.29, 0.717) is 0 Å². The summed E-state index contributed by atoms with van der Waals surface area (Å²) in [4.78, 5) is 0. The molecule has 0 saturated heterocycles. The molecule has 0 radical (unpaired) electrons. The summed E-state index contributed by atoms with van der Waals surface area (Å²) in [6, 6.07) is 62.3. The van der Waals surface area contributed by atoms with Crippen molar-refractivity contribution >= 4 is 38.4 Å². The molecule has 6 aromatic carbocycles. The predicted octanol–water partition coefficient (Wildman–Crippen LogP) is 1.45. The second-order valence-corrected chi connectivity index (χ2v) is 10.4. The molecule has 6 aromatic rings. The van der Waals surface area contributed by atoms with Crippen molar-refractivity contribution in [3.05, 3.63) is 182 Å². The summed E-state index contributed by atoms with van der Waals surface area (Å²) in [7, 11) is 1.55. The van der Waals surface area contributed by atoms with Crippen molar-refractivity contribution in [2.45, 2.75) is 0 Å². The van der Waals surface area contributed by atoms with Crippen molar-refractivity contribution < 1.29 is 62.3 Å². The van der Waals surface area contributed by atoms with Gasteiger partial charge in [-0.25, -0.2) is 12.1 Å². The van der Waals surface area contributed by atoms with Gasteiger partial charge in [0.15, 0.2) is 0 Å². The Balaban J connectivity index is 0. The molecule has 0 saturated carbocycles. The fourth-order valence-electron chi connectivity index (χ4n) is 3.06. The van der Waals surface area contributed by atoms with E-state index < -0.39 is 0 Å². The SMILES string of the molecule is [Cl-].[Cl-].[Fe].[Pd+2].[cH-]1[cH-][cH-][cH-][cH-]1.c1cc[cH-]c1.c1ccc(Pc2ccccc2)cc1.c1ccc(Pc2ccccc2)cc1. The summed E-state index contributed by atoms with van der Waals surface area (Å²) in [5.74, 6) is 0. The van der Waals surface area contributed by atoms with E-state index in [1.54, 1.807) is 0 Å². The molecule has 0 amide bonds. The number of halogens is 2. The molecule has 216 valence electrons. The van der Waals surface area contributed by atoms with Crippen LogP contribution in [0.2, 0.25) is 0 Å². The van der Waals surface area contributed by atoms with Crippen LogP contribution in [0.5, 0.6) is 0 Å². The van der Waals surface area contributed by atoms with Gasteiger partial charge in [0, 0.05) is 17.1 Å². The third-order valence-electron chi connectivity index (χ3n) is 4.78. The van der Waals surface area contributed by atoms with Crippen molar-refractivity contribution in [2.24, 2.45) is 0 Å². The van der Waals surface area contributed by atoms with Gasteiger partial charge in [-0.3, -0.25) is 0 Å². The maximum atomic E-state index is 2.17. The summed E-state index contributed by atoms with van der Waals surface area (Å²) < 4.78 is 0. The normalized spacial score (nSPS) is 8.40. The molecule has 6 rings (SSSR count). The average molecular weight is 736 g/mol. The smallest absolute Gasteiger partial charge is 1.00 e. The monoisotopic (exact) mass is 734 g/mol. The zero-order valence-corrected chi connectivity index (χ0v) is 27.9. The van der Waals surface area contributed by atoms with Crippen LogP contribution in [0, 0.1) is 0 Å². The molecule has 0 aliphatic heterocycles. The first-order valence-corrected chi connectivity index (χ1v) is 14.0. The molecule has 0 spiro atoms. The van der Waals surface area contributed by atoms with Crippen LogP contribution in [0.25, 0.3) is 0 Å². The molecule has 0 aromatic heterocycles. The van der Waals surface area contributed by atoms with Crippen LogP contribution < -0.4 is 46.0 Å². The van der Waals surface area contributed by atoms with E-state index in [2.05, 4.69) is 121 Å². The number of rotatable bonds is 4. The zero-order chi connectivity index (χ0) is 24.9. The van der Waals surface area contributed by atoms with Crippen LogP contribution in [0.1, 0.15) is 0 Å². The van der Waals surface area contributed by atoms with E-state index in [4.69, 9.17) is 0 Å². The fourth-order valence-corrected chi connectivity index (χ4v) is 5.16. The topological polar surface area (TPSA) is 0 Å². The van der Waals surface area contributed by atoms with Gasteiger partial charge in [0.2, 0.25) is 0 Å². The summed E-state index contributed by atoms with van der Waals surface area (Å²) in [6.07, 6.45) is 0. The standard InChI is InChI=1S/2C12H11P.2C5H5.2ClH.Fe.Pd/c2*1-3-7-11(8-4-1)13-12-9-5-2-6-10-12;2*1-2-4-5-3-1;;;;/h2*1-10,13H;2*1-5H;2*1H;;/q;;-5;-1;;;;+2/p-2. The van der Waals surface area contributed by atoms with Gasteiger partial charge in [-0.05, 0) is 21.2 Å². The molecule has 0 aliphatic carbocycles. The Morgan fingerprint density at radius 3 is 0.750 bits per heavy atom. The van der Waals surface area contributed by atoms with E-state index >= 15 is 0 Å². The second kappa shape index (κ2) is 27.4. The van der Waals surface area contributed by atoms with Crippen molar-refractivity contribution in [1.82, 2.24) is 0 Å². The van der Waals surface area contributed by atoms with Crippen LogP contribution in [0.3, 0.4) is 0 Å². The van der Waals surface area contributed by atoms with E-state index in [1.807, 2.05) is 60.7 Å². The predicted molar refractivity (Wildman–Crippen MR) is 165 cm³/mol. The summed E-state index contributed by atoms with van der Waals surface area (Å²) in [6.45, 7) is 0. The van der Waals surface area contributed by atoms with Gasteiger partial charge in [0.1, 0.15) is 0 Å². The Kier molecular flexibility index (Phi) is 27.6. The van der Waals surface area contributed by atoms with Gasteiger partial charge in [0.05, 0.1) is 0 Å². The van der Waals surface area contributed by atoms with E-state index in [-0.39, 0.29) is 62.3 Å². The first-order valence-electron chi connectivity index (χ1n) is 12.0. The maximum Gasteiger partial charge on any atom is 2.00 e. The van der Waals surface area contributed by atoms with Crippen molar-refractivity contribution in [3.8, 4) is 0 Å². The molecule has 0 heterocycles. The van der Waals surface area contributed by atoms with Crippen LogP contribution in [-0.4, -0.2) is 0 Å². The molecule has 40 heavy (non-hydrogen) atoms. The second-order valence-electron chi connectivity index (χ2n) is 7.64. The number of hydrogen-bond donors (Lipinski definition) is 0. The quantitative estimate of drug-likeness (QED) is 0.146. The first-order chi connectivity index (χ1) is 17.9. The third-order valence-corrected chi connectivity index (χ3v) is 7.27. The Labute approximate surface area is 280 Å². The van der Waals surface area contributed by atoms with E-state index in [0.717, 1.165) is 17.2 Å². The average Bonchev–Trinajstić information content (AvgIpc) is 3.72. The number of benzene rings is 4. The van der Waals surface area contributed by atoms with Gasteiger partial charge in [-0.15, -0.1) is 0 Å². The van der Waals surface area contributed by atoms with Gasteiger partial charge >= 0.3 is 20.4 Å². The molecule has 0 fully saturated rings. The molecule has 0 aliphatic rings. The van der Waals surface area contributed by atoms with Gasteiger partial charge in [0.25, 0.3) is 0 Å². The Morgan fingerprint density at radius 2 is 0.575 bits per heavy atom. The minimum absolute atomic E-state index is 0. The largest absolute Gasteiger partial charge is 2.00 e. The Bertz CT molecular complexity index is 1040. The minimum Gasteiger partial charge on any atom is -1.00 e. The fraction of sp³-hybridized carbons (Fsp3) is 0. The van der Waals surface area contributed by atoms with Crippen molar-refractivity contribution in [3.63, 3.8) is 0 Å². The van der Waals surface area contributed by atoms with Gasteiger partial charge < -0.3 is 55.1 Å². The Morgan fingerprint density at radius 1 is 0.350 bits per heavy atom.